The summed E-state index contributed by atoms with van der Waals surface area (Å²) in [6.07, 6.45) is 2.37. The second-order valence-corrected chi connectivity index (χ2v) is 4.70. The van der Waals surface area contributed by atoms with Gasteiger partial charge in [0, 0.05) is 12.1 Å². The van der Waals surface area contributed by atoms with Gasteiger partial charge in [-0.15, -0.1) is 0 Å². The molecule has 20 heavy (non-hydrogen) atoms. The summed E-state index contributed by atoms with van der Waals surface area (Å²) in [6.45, 7) is 2.05. The Bertz CT molecular complexity index is 670. The molecule has 0 fully saturated rings. The molecular formula is C15H15N3O2. The van der Waals surface area contributed by atoms with Crippen LogP contribution >= 0.6 is 0 Å². The van der Waals surface area contributed by atoms with E-state index in [-0.39, 0.29) is 17.3 Å². The fourth-order valence-electron chi connectivity index (χ4n) is 2.43. The molecule has 2 N–H and O–H groups in total. The molecule has 0 bridgehead atoms. The number of esters is 1. The molecule has 1 aliphatic rings. The van der Waals surface area contributed by atoms with Crippen molar-refractivity contribution in [2.75, 3.05) is 12.3 Å². The molecule has 1 heterocycles. The SMILES string of the molecule is CCOC(=O)c1cnc(C2Cc3ccccc32)nc1N. The number of rotatable bonds is 3. The Labute approximate surface area is 116 Å². The smallest absolute Gasteiger partial charge is 0.343 e. The van der Waals surface area contributed by atoms with E-state index in [1.54, 1.807) is 6.92 Å². The van der Waals surface area contributed by atoms with Crippen molar-refractivity contribution in [3.05, 3.63) is 53.0 Å². The topological polar surface area (TPSA) is 78.1 Å². The molecule has 1 atom stereocenters. The lowest BCUT2D eigenvalue weighted by molar-refractivity contribution is 0.0526. The highest BCUT2D eigenvalue weighted by Gasteiger charge is 2.30. The van der Waals surface area contributed by atoms with E-state index in [1.165, 1.54) is 17.3 Å². The Hall–Kier alpha value is -2.43. The van der Waals surface area contributed by atoms with Crippen LogP contribution in [0.3, 0.4) is 0 Å². The van der Waals surface area contributed by atoms with E-state index in [2.05, 4.69) is 22.1 Å². The highest BCUT2D eigenvalue weighted by molar-refractivity contribution is 5.93. The second-order valence-electron chi connectivity index (χ2n) is 4.70. The highest BCUT2D eigenvalue weighted by atomic mass is 16.5. The Kier molecular flexibility index (Phi) is 3.10. The molecule has 0 amide bonds. The third-order valence-electron chi connectivity index (χ3n) is 3.50. The number of hydrogen-bond donors (Lipinski definition) is 1. The van der Waals surface area contributed by atoms with Crippen molar-refractivity contribution < 1.29 is 9.53 Å². The lowest BCUT2D eigenvalue weighted by Gasteiger charge is -2.28. The third kappa shape index (κ3) is 2.01. The summed E-state index contributed by atoms with van der Waals surface area (Å²) in [6, 6.07) is 8.19. The molecule has 0 radical (unpaired) electrons. The zero-order valence-electron chi connectivity index (χ0n) is 11.2. The molecule has 0 spiro atoms. The number of benzene rings is 1. The van der Waals surface area contributed by atoms with E-state index < -0.39 is 5.97 Å². The van der Waals surface area contributed by atoms with Gasteiger partial charge < -0.3 is 10.5 Å². The van der Waals surface area contributed by atoms with Gasteiger partial charge >= 0.3 is 5.97 Å². The predicted octanol–water partition coefficient (Wildman–Crippen LogP) is 1.92. The minimum atomic E-state index is -0.481. The van der Waals surface area contributed by atoms with Crippen molar-refractivity contribution in [1.82, 2.24) is 9.97 Å². The molecule has 102 valence electrons. The first-order valence-corrected chi connectivity index (χ1v) is 6.58. The Morgan fingerprint density at radius 1 is 1.45 bits per heavy atom. The van der Waals surface area contributed by atoms with Gasteiger partial charge in [0.15, 0.2) is 0 Å². The Morgan fingerprint density at radius 3 is 2.95 bits per heavy atom. The van der Waals surface area contributed by atoms with E-state index in [0.717, 1.165) is 6.42 Å². The number of carbonyl (C=O) groups is 1. The highest BCUT2D eigenvalue weighted by Crippen LogP contribution is 2.38. The summed E-state index contributed by atoms with van der Waals surface area (Å²) in [5.74, 6) is 0.530. The van der Waals surface area contributed by atoms with Crippen LogP contribution in [0.1, 0.15) is 40.2 Å². The zero-order valence-corrected chi connectivity index (χ0v) is 11.2. The molecule has 1 aromatic heterocycles. The van der Waals surface area contributed by atoms with Crippen molar-refractivity contribution in [2.45, 2.75) is 19.3 Å². The van der Waals surface area contributed by atoms with Crippen LogP contribution in [0.2, 0.25) is 0 Å². The first-order valence-electron chi connectivity index (χ1n) is 6.58. The number of carbonyl (C=O) groups excluding carboxylic acids is 1. The maximum atomic E-state index is 11.6. The number of nitrogens with two attached hydrogens (primary N) is 1. The molecule has 2 aromatic rings. The molecular weight excluding hydrogens is 254 g/mol. The van der Waals surface area contributed by atoms with Gasteiger partial charge in [0.05, 0.1) is 6.61 Å². The molecule has 1 unspecified atom stereocenters. The van der Waals surface area contributed by atoms with Gasteiger partial charge in [0.25, 0.3) is 0 Å². The van der Waals surface area contributed by atoms with Crippen LogP contribution in [0.25, 0.3) is 0 Å². The number of hydrogen-bond acceptors (Lipinski definition) is 5. The minimum absolute atomic E-state index is 0.171. The molecule has 1 aromatic carbocycles. The van der Waals surface area contributed by atoms with Crippen LogP contribution in [0.4, 0.5) is 5.82 Å². The second kappa shape index (κ2) is 4.92. The number of nitrogen functional groups attached to an aromatic ring is 1. The third-order valence-corrected chi connectivity index (χ3v) is 3.50. The van der Waals surface area contributed by atoms with Crippen molar-refractivity contribution >= 4 is 11.8 Å². The molecule has 3 rings (SSSR count). The molecule has 0 aliphatic heterocycles. The summed E-state index contributed by atoms with van der Waals surface area (Å²) >= 11 is 0. The molecule has 0 saturated heterocycles. The van der Waals surface area contributed by atoms with Crippen LogP contribution in [-0.4, -0.2) is 22.5 Å². The minimum Gasteiger partial charge on any atom is -0.462 e. The number of aromatic nitrogens is 2. The predicted molar refractivity (Wildman–Crippen MR) is 74.4 cm³/mol. The fraction of sp³-hybridized carbons (Fsp3) is 0.267. The van der Waals surface area contributed by atoms with Gasteiger partial charge in [-0.05, 0) is 24.5 Å². The molecule has 5 nitrogen and oxygen atoms in total. The van der Waals surface area contributed by atoms with Crippen LogP contribution in [-0.2, 0) is 11.2 Å². The normalized spacial score (nSPS) is 16.1. The van der Waals surface area contributed by atoms with Crippen molar-refractivity contribution in [1.29, 1.82) is 0 Å². The number of fused-ring (bicyclic) bond motifs is 1. The van der Waals surface area contributed by atoms with Crippen LogP contribution in [0, 0.1) is 0 Å². The van der Waals surface area contributed by atoms with Gasteiger partial charge in [-0.25, -0.2) is 14.8 Å². The van der Waals surface area contributed by atoms with Crippen molar-refractivity contribution in [3.63, 3.8) is 0 Å². The first-order chi connectivity index (χ1) is 9.70. The average Bonchev–Trinajstić information content (AvgIpc) is 2.40. The van der Waals surface area contributed by atoms with Crippen molar-refractivity contribution in [2.24, 2.45) is 0 Å². The van der Waals surface area contributed by atoms with E-state index >= 15 is 0 Å². The van der Waals surface area contributed by atoms with Crippen LogP contribution < -0.4 is 5.73 Å². The van der Waals surface area contributed by atoms with Gasteiger partial charge in [-0.2, -0.15) is 0 Å². The molecule has 1 aliphatic carbocycles. The van der Waals surface area contributed by atoms with Crippen molar-refractivity contribution in [3.8, 4) is 0 Å². The number of nitrogens with zero attached hydrogens (tertiary/aromatic N) is 2. The monoisotopic (exact) mass is 269 g/mol. The largest absolute Gasteiger partial charge is 0.462 e. The lowest BCUT2D eigenvalue weighted by atomic mass is 9.77. The van der Waals surface area contributed by atoms with Gasteiger partial charge in [0.1, 0.15) is 17.2 Å². The summed E-state index contributed by atoms with van der Waals surface area (Å²) < 4.78 is 4.91. The summed E-state index contributed by atoms with van der Waals surface area (Å²) in [7, 11) is 0. The average molecular weight is 269 g/mol. The first kappa shape index (κ1) is 12.6. The van der Waals surface area contributed by atoms with E-state index in [9.17, 15) is 4.79 Å². The van der Waals surface area contributed by atoms with Gasteiger partial charge in [-0.1, -0.05) is 24.3 Å². The standard InChI is InChI=1S/C15H15N3O2/c1-2-20-15(19)12-8-17-14(18-13(12)16)11-7-9-5-3-4-6-10(9)11/h3-6,8,11H,2,7H2,1H3,(H2,16,17,18). The zero-order chi connectivity index (χ0) is 14.1. The quantitative estimate of drug-likeness (QED) is 0.861. The van der Waals surface area contributed by atoms with Crippen LogP contribution in [0.15, 0.2) is 30.5 Å². The van der Waals surface area contributed by atoms with Gasteiger partial charge in [0.2, 0.25) is 0 Å². The summed E-state index contributed by atoms with van der Waals surface area (Å²) in [4.78, 5) is 20.2. The number of anilines is 1. The Morgan fingerprint density at radius 2 is 2.25 bits per heavy atom. The maximum absolute atomic E-state index is 11.6. The fourth-order valence-corrected chi connectivity index (χ4v) is 2.43. The summed E-state index contributed by atoms with van der Waals surface area (Å²) in [5.41, 5.74) is 8.61. The number of ether oxygens (including phenoxy) is 1. The Balaban J connectivity index is 1.87. The maximum Gasteiger partial charge on any atom is 0.343 e. The van der Waals surface area contributed by atoms with E-state index in [1.807, 2.05) is 12.1 Å². The summed E-state index contributed by atoms with van der Waals surface area (Å²) in [5, 5.41) is 0. The lowest BCUT2D eigenvalue weighted by Crippen LogP contribution is -2.21. The molecule has 0 saturated carbocycles. The van der Waals surface area contributed by atoms with E-state index in [4.69, 9.17) is 10.5 Å². The van der Waals surface area contributed by atoms with Crippen LogP contribution in [0.5, 0.6) is 0 Å². The molecule has 5 heteroatoms. The van der Waals surface area contributed by atoms with E-state index in [0.29, 0.717) is 12.4 Å². The van der Waals surface area contributed by atoms with Gasteiger partial charge in [-0.3, -0.25) is 0 Å².